The van der Waals surface area contributed by atoms with Crippen molar-refractivity contribution >= 4 is 10.1 Å². The number of hydrogen-bond donors (Lipinski definition) is 2. The van der Waals surface area contributed by atoms with Crippen molar-refractivity contribution < 1.29 is 13.0 Å². The second-order valence-electron chi connectivity index (χ2n) is 6.01. The van der Waals surface area contributed by atoms with Gasteiger partial charge in [0, 0.05) is 0 Å². The average Bonchev–Trinajstić information content (AvgIpc) is 2.47. The molecule has 3 atom stereocenters. The molecule has 2 aliphatic carbocycles. The zero-order valence-electron chi connectivity index (χ0n) is 9.94. The summed E-state index contributed by atoms with van der Waals surface area (Å²) in [5.74, 6) is 0.678. The normalized spacial score (nSPS) is 41.5. The highest BCUT2D eigenvalue weighted by Crippen LogP contribution is 2.68. The van der Waals surface area contributed by atoms with Gasteiger partial charge in [-0.2, -0.15) is 8.42 Å². The van der Waals surface area contributed by atoms with E-state index in [-0.39, 0.29) is 22.5 Å². The lowest BCUT2D eigenvalue weighted by molar-refractivity contribution is 0.108. The number of rotatable bonds is 3. The maximum absolute atomic E-state index is 11.2. The summed E-state index contributed by atoms with van der Waals surface area (Å²) in [6.07, 6.45) is 2.96. The van der Waals surface area contributed by atoms with E-state index in [0.717, 1.165) is 19.3 Å². The molecule has 4 nitrogen and oxygen atoms in total. The van der Waals surface area contributed by atoms with E-state index in [1.54, 1.807) is 0 Å². The van der Waals surface area contributed by atoms with Crippen LogP contribution in [0.3, 0.4) is 0 Å². The Labute approximate surface area is 97.3 Å². The van der Waals surface area contributed by atoms with Crippen molar-refractivity contribution in [2.24, 2.45) is 28.4 Å². The van der Waals surface area contributed by atoms with Crippen LogP contribution in [-0.4, -0.2) is 25.3 Å². The SMILES string of the molecule is CC1(C)C2CC[C@@]1(CS(=O)(=O)O)C(CN)C2. The van der Waals surface area contributed by atoms with Crippen LogP contribution in [-0.2, 0) is 10.1 Å². The van der Waals surface area contributed by atoms with Gasteiger partial charge in [-0.05, 0) is 48.5 Å². The number of nitrogens with two attached hydrogens (primary N) is 1. The first kappa shape index (κ1) is 12.3. The van der Waals surface area contributed by atoms with Gasteiger partial charge in [-0.15, -0.1) is 0 Å². The summed E-state index contributed by atoms with van der Waals surface area (Å²) >= 11 is 0. The minimum Gasteiger partial charge on any atom is -0.330 e. The molecule has 0 aromatic heterocycles. The zero-order chi connectivity index (χ0) is 12.2. The molecule has 2 unspecified atom stereocenters. The van der Waals surface area contributed by atoms with Crippen LogP contribution in [0.5, 0.6) is 0 Å². The maximum Gasteiger partial charge on any atom is 0.265 e. The first-order chi connectivity index (χ1) is 7.23. The third-order valence-electron chi connectivity index (χ3n) is 5.32. The topological polar surface area (TPSA) is 80.4 Å². The fraction of sp³-hybridized carbons (Fsp3) is 1.00. The van der Waals surface area contributed by atoms with E-state index in [4.69, 9.17) is 10.3 Å². The standard InChI is InChI=1S/C11H21NO3S/c1-10(2)8-3-4-11(10,7-16(13,14)15)9(5-8)6-12/h8-9H,3-7,12H2,1-2H3,(H,13,14,15)/t8?,9?,11-/m1/s1. The van der Waals surface area contributed by atoms with Crippen molar-refractivity contribution in [2.45, 2.75) is 33.1 Å². The minimum absolute atomic E-state index is 0.0210. The van der Waals surface area contributed by atoms with E-state index in [0.29, 0.717) is 12.5 Å². The number of fused-ring (bicyclic) bond motifs is 2. The molecule has 2 aliphatic rings. The quantitative estimate of drug-likeness (QED) is 0.736. The fourth-order valence-corrected chi connectivity index (χ4v) is 5.66. The molecule has 0 aliphatic heterocycles. The van der Waals surface area contributed by atoms with E-state index >= 15 is 0 Å². The summed E-state index contributed by atoms with van der Waals surface area (Å²) in [5, 5.41) is 0. The second kappa shape index (κ2) is 3.43. The summed E-state index contributed by atoms with van der Waals surface area (Å²) in [6, 6.07) is 0. The summed E-state index contributed by atoms with van der Waals surface area (Å²) in [7, 11) is -3.92. The Morgan fingerprint density at radius 3 is 2.50 bits per heavy atom. The Morgan fingerprint density at radius 1 is 1.44 bits per heavy atom. The van der Waals surface area contributed by atoms with E-state index in [2.05, 4.69) is 13.8 Å². The van der Waals surface area contributed by atoms with Crippen molar-refractivity contribution in [1.82, 2.24) is 0 Å². The lowest BCUT2D eigenvalue weighted by Crippen LogP contribution is -2.44. The third-order valence-corrected chi connectivity index (χ3v) is 6.20. The van der Waals surface area contributed by atoms with Crippen molar-refractivity contribution in [1.29, 1.82) is 0 Å². The van der Waals surface area contributed by atoms with Crippen LogP contribution >= 0.6 is 0 Å². The van der Waals surface area contributed by atoms with Gasteiger partial charge in [-0.3, -0.25) is 4.55 Å². The minimum atomic E-state index is -3.92. The molecule has 0 spiro atoms. The van der Waals surface area contributed by atoms with Crippen molar-refractivity contribution in [3.8, 4) is 0 Å². The summed E-state index contributed by atoms with van der Waals surface area (Å²) in [6.45, 7) is 4.78. The first-order valence-electron chi connectivity index (χ1n) is 5.88. The van der Waals surface area contributed by atoms with Crippen molar-refractivity contribution in [3.05, 3.63) is 0 Å². The van der Waals surface area contributed by atoms with Crippen LogP contribution in [0.1, 0.15) is 33.1 Å². The highest BCUT2D eigenvalue weighted by Gasteiger charge is 2.64. The monoisotopic (exact) mass is 247 g/mol. The van der Waals surface area contributed by atoms with E-state index < -0.39 is 10.1 Å². The Bertz CT molecular complexity index is 390. The lowest BCUT2D eigenvalue weighted by Gasteiger charge is -2.41. The third kappa shape index (κ3) is 1.52. The van der Waals surface area contributed by atoms with Crippen LogP contribution < -0.4 is 5.73 Å². The van der Waals surface area contributed by atoms with Gasteiger partial charge in [-0.25, -0.2) is 0 Å². The lowest BCUT2D eigenvalue weighted by atomic mass is 9.66. The molecule has 2 saturated carbocycles. The van der Waals surface area contributed by atoms with E-state index in [9.17, 15) is 8.42 Å². The van der Waals surface area contributed by atoms with E-state index in [1.807, 2.05) is 0 Å². The molecule has 5 heteroatoms. The molecule has 0 aromatic carbocycles. The zero-order valence-corrected chi connectivity index (χ0v) is 10.8. The van der Waals surface area contributed by atoms with Gasteiger partial charge >= 0.3 is 0 Å². The average molecular weight is 247 g/mol. The van der Waals surface area contributed by atoms with Gasteiger partial charge in [0.25, 0.3) is 10.1 Å². The fourth-order valence-electron chi connectivity index (χ4n) is 4.26. The molecule has 0 saturated heterocycles. The summed E-state index contributed by atoms with van der Waals surface area (Å²) in [4.78, 5) is 0. The molecule has 0 heterocycles. The second-order valence-corrected chi connectivity index (χ2v) is 7.46. The number of hydrogen-bond acceptors (Lipinski definition) is 3. The molecule has 3 N–H and O–H groups in total. The summed E-state index contributed by atoms with van der Waals surface area (Å²) in [5.41, 5.74) is 5.44. The molecule has 2 fully saturated rings. The molecule has 16 heavy (non-hydrogen) atoms. The molecule has 0 radical (unpaired) electrons. The maximum atomic E-state index is 11.2. The van der Waals surface area contributed by atoms with Crippen LogP contribution in [0, 0.1) is 22.7 Å². The van der Waals surface area contributed by atoms with Gasteiger partial charge in [0.2, 0.25) is 0 Å². The van der Waals surface area contributed by atoms with Gasteiger partial charge in [0.05, 0.1) is 5.75 Å². The molecule has 0 aromatic rings. The summed E-state index contributed by atoms with van der Waals surface area (Å²) < 4.78 is 31.6. The Morgan fingerprint density at radius 2 is 2.06 bits per heavy atom. The predicted octanol–water partition coefficient (Wildman–Crippen LogP) is 1.28. The Hall–Kier alpha value is -0.130. The molecular formula is C11H21NO3S. The van der Waals surface area contributed by atoms with Crippen molar-refractivity contribution in [3.63, 3.8) is 0 Å². The highest BCUT2D eigenvalue weighted by atomic mass is 32.2. The van der Waals surface area contributed by atoms with Gasteiger partial charge in [0.15, 0.2) is 0 Å². The molecule has 2 rings (SSSR count). The first-order valence-corrected chi connectivity index (χ1v) is 7.49. The van der Waals surface area contributed by atoms with Gasteiger partial charge in [-0.1, -0.05) is 13.8 Å². The van der Waals surface area contributed by atoms with Crippen LogP contribution in [0.2, 0.25) is 0 Å². The van der Waals surface area contributed by atoms with Crippen LogP contribution in [0.15, 0.2) is 0 Å². The Balaban J connectivity index is 2.40. The van der Waals surface area contributed by atoms with Crippen LogP contribution in [0.25, 0.3) is 0 Å². The molecule has 2 bridgehead atoms. The van der Waals surface area contributed by atoms with Crippen LogP contribution in [0.4, 0.5) is 0 Å². The Kier molecular flexibility index (Phi) is 2.64. The van der Waals surface area contributed by atoms with E-state index in [1.165, 1.54) is 0 Å². The molecule has 0 amide bonds. The highest BCUT2D eigenvalue weighted by molar-refractivity contribution is 7.85. The van der Waals surface area contributed by atoms with Gasteiger partial charge < -0.3 is 5.73 Å². The van der Waals surface area contributed by atoms with Gasteiger partial charge in [0.1, 0.15) is 0 Å². The predicted molar refractivity (Wildman–Crippen MR) is 62.5 cm³/mol. The molecule has 94 valence electrons. The van der Waals surface area contributed by atoms with Crippen molar-refractivity contribution in [2.75, 3.05) is 12.3 Å². The smallest absolute Gasteiger partial charge is 0.265 e. The molecular weight excluding hydrogens is 226 g/mol. The largest absolute Gasteiger partial charge is 0.330 e.